The Kier molecular flexibility index (Phi) is 44.3. The lowest BCUT2D eigenvalue weighted by Gasteiger charge is -2.48. The van der Waals surface area contributed by atoms with Crippen LogP contribution >= 0.6 is 0 Å². The van der Waals surface area contributed by atoms with Crippen LogP contribution in [0.15, 0.2) is 97.2 Å². The quantitative estimate of drug-likeness (QED) is 0.0205. The standard InChI is InChI=1S/C68H115NO18/c1-3-5-7-9-11-13-15-17-19-20-21-22-23-24-25-26-27-28-29-30-32-33-35-37-39-41-43-45-52(73)51(69-56(74)46-44-42-40-38-36-34-31-18-16-14-12-10-8-6-4-2)50-82-66-62(80)59(77)64(54(48-71)84-66)87-68-63(81)60(78)65(55(49-72)85-68)86-67-61(79)58(76)57(75)53(47-70)83-67/h6,8,12,14,18,29-31,35-38,42-45,51-55,57-68,70-73,75-81H,3-5,7,9-11,13,15-17,19-28,32-34,39-41,46-50H2,1-2H3,(H,69,74)/b8-6-,14-12-,30-29+,31-18-,37-35+,38-36-,44-42-,45-43+. The van der Waals surface area contributed by atoms with Gasteiger partial charge in [0.1, 0.15) is 73.2 Å². The fourth-order valence-corrected chi connectivity index (χ4v) is 10.5. The van der Waals surface area contributed by atoms with Gasteiger partial charge in [0, 0.05) is 6.42 Å². The summed E-state index contributed by atoms with van der Waals surface area (Å²) < 4.78 is 34.2. The zero-order chi connectivity index (χ0) is 63.3. The van der Waals surface area contributed by atoms with E-state index in [9.17, 15) is 61.0 Å². The van der Waals surface area contributed by atoms with E-state index in [-0.39, 0.29) is 6.42 Å². The summed E-state index contributed by atoms with van der Waals surface area (Å²) in [5.74, 6) is -0.420. The van der Waals surface area contributed by atoms with E-state index in [1.54, 1.807) is 18.2 Å². The Balaban J connectivity index is 1.48. The van der Waals surface area contributed by atoms with Crippen LogP contribution in [0.4, 0.5) is 0 Å². The molecule has 0 aromatic carbocycles. The van der Waals surface area contributed by atoms with Crippen molar-refractivity contribution < 1.29 is 89.4 Å². The number of allylic oxidation sites excluding steroid dienone is 14. The van der Waals surface area contributed by atoms with E-state index >= 15 is 0 Å². The van der Waals surface area contributed by atoms with Crippen molar-refractivity contribution in [2.45, 2.75) is 298 Å². The molecule has 0 aromatic heterocycles. The molecule has 0 radical (unpaired) electrons. The molecule has 0 spiro atoms. The Morgan fingerprint density at radius 2 is 0.805 bits per heavy atom. The SMILES string of the molecule is CC/C=C\C/C=C\C/C=C\C/C=C\C/C=C\CC(=O)NC(COC1OC(CO)C(OC2OC(CO)C(OC3OC(CO)C(O)C(O)C3O)C(O)C2O)C(O)C1O)C(O)/C=C/CC/C=C/CC/C=C/CCCCCCCCCCCCCCCCCCC. The van der Waals surface area contributed by atoms with Crippen LogP contribution in [-0.2, 0) is 33.2 Å². The normalized spacial score (nSPS) is 29.2. The first-order valence-corrected chi connectivity index (χ1v) is 33.0. The lowest BCUT2D eigenvalue weighted by Crippen LogP contribution is -2.66. The average molecular weight is 1230 g/mol. The largest absolute Gasteiger partial charge is 0.394 e. The average Bonchev–Trinajstić information content (AvgIpc) is 2.90. The summed E-state index contributed by atoms with van der Waals surface area (Å²) in [6.45, 7) is 1.50. The second-order valence-electron chi connectivity index (χ2n) is 23.2. The number of carbonyl (C=O) groups excluding carboxylic acids is 1. The Bertz CT molecular complexity index is 1960. The van der Waals surface area contributed by atoms with E-state index in [1.807, 2.05) is 18.2 Å². The molecule has 3 aliphatic rings. The third-order valence-electron chi connectivity index (χ3n) is 15.9. The molecule has 3 saturated heterocycles. The second-order valence-corrected chi connectivity index (χ2v) is 23.2. The third-order valence-corrected chi connectivity index (χ3v) is 15.9. The highest BCUT2D eigenvalue weighted by Gasteiger charge is 2.53. The Morgan fingerprint density at radius 1 is 0.425 bits per heavy atom. The molecule has 3 fully saturated rings. The maximum absolute atomic E-state index is 13.3. The summed E-state index contributed by atoms with van der Waals surface area (Å²) >= 11 is 0. The topological polar surface area (TPSA) is 307 Å². The van der Waals surface area contributed by atoms with Crippen LogP contribution in [0.1, 0.15) is 194 Å². The van der Waals surface area contributed by atoms with Crippen molar-refractivity contribution in [2.24, 2.45) is 0 Å². The lowest BCUT2D eigenvalue weighted by atomic mass is 9.96. The van der Waals surface area contributed by atoms with Crippen LogP contribution < -0.4 is 5.32 Å². The molecule has 0 saturated carbocycles. The molecule has 500 valence electrons. The molecule has 0 aromatic rings. The van der Waals surface area contributed by atoms with Crippen LogP contribution in [0.2, 0.25) is 0 Å². The van der Waals surface area contributed by atoms with Crippen molar-refractivity contribution >= 4 is 5.91 Å². The number of hydrogen-bond acceptors (Lipinski definition) is 18. The van der Waals surface area contributed by atoms with E-state index in [0.29, 0.717) is 12.8 Å². The highest BCUT2D eigenvalue weighted by atomic mass is 16.8. The van der Waals surface area contributed by atoms with Gasteiger partial charge in [-0.15, -0.1) is 0 Å². The van der Waals surface area contributed by atoms with Gasteiger partial charge >= 0.3 is 0 Å². The van der Waals surface area contributed by atoms with Gasteiger partial charge in [-0.25, -0.2) is 0 Å². The molecule has 19 nitrogen and oxygen atoms in total. The smallest absolute Gasteiger partial charge is 0.224 e. The summed E-state index contributed by atoms with van der Waals surface area (Å²) in [7, 11) is 0. The summed E-state index contributed by atoms with van der Waals surface area (Å²) in [6, 6.07) is -1.06. The highest BCUT2D eigenvalue weighted by Crippen LogP contribution is 2.33. The zero-order valence-corrected chi connectivity index (χ0v) is 52.5. The van der Waals surface area contributed by atoms with Gasteiger partial charge in [0.25, 0.3) is 0 Å². The zero-order valence-electron chi connectivity index (χ0n) is 52.5. The fraction of sp³-hybridized carbons (Fsp3) is 0.750. The number of unbranched alkanes of at least 4 members (excludes halogenated alkanes) is 19. The first-order valence-electron chi connectivity index (χ1n) is 33.0. The van der Waals surface area contributed by atoms with Crippen LogP contribution in [-0.4, -0.2) is 193 Å². The van der Waals surface area contributed by atoms with E-state index < -0.39 is 137 Å². The number of hydrogen-bond donors (Lipinski definition) is 12. The second kappa shape index (κ2) is 49.4. The maximum Gasteiger partial charge on any atom is 0.224 e. The molecule has 17 unspecified atom stereocenters. The van der Waals surface area contributed by atoms with Gasteiger partial charge in [0.15, 0.2) is 18.9 Å². The van der Waals surface area contributed by atoms with Crippen LogP contribution in [0.5, 0.6) is 0 Å². The van der Waals surface area contributed by atoms with Gasteiger partial charge in [0.2, 0.25) is 5.91 Å². The maximum atomic E-state index is 13.3. The molecule has 0 bridgehead atoms. The van der Waals surface area contributed by atoms with Gasteiger partial charge in [-0.3, -0.25) is 4.79 Å². The minimum atomic E-state index is -2.00. The predicted molar refractivity (Wildman–Crippen MR) is 337 cm³/mol. The summed E-state index contributed by atoms with van der Waals surface area (Å²) in [5.41, 5.74) is 0. The summed E-state index contributed by atoms with van der Waals surface area (Å²) in [5, 5.41) is 120. The molecule has 12 N–H and O–H groups in total. The van der Waals surface area contributed by atoms with Crippen LogP contribution in [0.3, 0.4) is 0 Å². The monoisotopic (exact) mass is 1230 g/mol. The van der Waals surface area contributed by atoms with Gasteiger partial charge in [-0.2, -0.15) is 0 Å². The molecule has 19 heteroatoms. The van der Waals surface area contributed by atoms with Crippen molar-refractivity contribution in [1.82, 2.24) is 5.32 Å². The van der Waals surface area contributed by atoms with Crippen molar-refractivity contribution in [1.29, 1.82) is 0 Å². The van der Waals surface area contributed by atoms with Crippen LogP contribution in [0, 0.1) is 0 Å². The first-order chi connectivity index (χ1) is 42.3. The number of aliphatic hydroxyl groups excluding tert-OH is 11. The number of ether oxygens (including phenoxy) is 6. The molecule has 3 rings (SSSR count). The number of nitrogens with one attached hydrogen (secondary N) is 1. The Morgan fingerprint density at radius 3 is 1.26 bits per heavy atom. The van der Waals surface area contributed by atoms with Gasteiger partial charge < -0.3 is 89.9 Å². The third kappa shape index (κ3) is 32.0. The van der Waals surface area contributed by atoms with Crippen LogP contribution in [0.25, 0.3) is 0 Å². The Labute approximate surface area is 520 Å². The van der Waals surface area contributed by atoms with E-state index in [2.05, 4.69) is 79.9 Å². The molecule has 87 heavy (non-hydrogen) atoms. The van der Waals surface area contributed by atoms with Crippen molar-refractivity contribution in [3.63, 3.8) is 0 Å². The van der Waals surface area contributed by atoms with E-state index in [0.717, 1.165) is 51.4 Å². The summed E-state index contributed by atoms with van der Waals surface area (Å²) in [6.07, 6.45) is 37.2. The number of rotatable bonds is 48. The van der Waals surface area contributed by atoms with Crippen molar-refractivity contribution in [3.8, 4) is 0 Å². The fourth-order valence-electron chi connectivity index (χ4n) is 10.5. The minimum Gasteiger partial charge on any atom is -0.394 e. The summed E-state index contributed by atoms with van der Waals surface area (Å²) in [4.78, 5) is 13.3. The van der Waals surface area contributed by atoms with Gasteiger partial charge in [0.05, 0.1) is 38.6 Å². The molecular weight excluding hydrogens is 1120 g/mol. The predicted octanol–water partition coefficient (Wildman–Crippen LogP) is 7.71. The first kappa shape index (κ1) is 78.0. The molecule has 1 amide bonds. The molecule has 3 aliphatic heterocycles. The Hall–Kier alpha value is -3.29. The molecule has 3 heterocycles. The van der Waals surface area contributed by atoms with Crippen molar-refractivity contribution in [3.05, 3.63) is 97.2 Å². The highest BCUT2D eigenvalue weighted by molar-refractivity contribution is 5.77. The minimum absolute atomic E-state index is 0.00553. The number of amides is 1. The molecular formula is C68H115NO18. The van der Waals surface area contributed by atoms with Gasteiger partial charge in [-0.1, -0.05) is 214 Å². The van der Waals surface area contributed by atoms with Gasteiger partial charge in [-0.05, 0) is 70.6 Å². The van der Waals surface area contributed by atoms with E-state index in [4.69, 9.17) is 28.4 Å². The molecule has 17 atom stereocenters. The van der Waals surface area contributed by atoms with Crippen molar-refractivity contribution in [2.75, 3.05) is 26.4 Å². The van der Waals surface area contributed by atoms with E-state index in [1.165, 1.54) is 109 Å². The lowest BCUT2D eigenvalue weighted by molar-refractivity contribution is -0.379. The molecule has 0 aliphatic carbocycles. The number of carbonyl (C=O) groups is 1. The number of aliphatic hydroxyl groups is 11.